The SMILES string of the molecule is CCC1CCCCN1C(=O)c1nc(C(=O)NC2CC2)n2c1CCCC2. The maximum absolute atomic E-state index is 13.2. The summed E-state index contributed by atoms with van der Waals surface area (Å²) >= 11 is 0. The molecule has 0 spiro atoms. The van der Waals surface area contributed by atoms with E-state index in [1.807, 2.05) is 9.47 Å². The third kappa shape index (κ3) is 3.18. The second kappa shape index (κ2) is 6.81. The first-order valence-electron chi connectivity index (χ1n) is 9.90. The molecule has 0 bridgehead atoms. The minimum Gasteiger partial charge on any atom is -0.347 e. The molecule has 1 saturated heterocycles. The second-order valence-electron chi connectivity index (χ2n) is 7.64. The van der Waals surface area contributed by atoms with E-state index in [4.69, 9.17) is 0 Å². The van der Waals surface area contributed by atoms with Crippen LogP contribution in [-0.2, 0) is 13.0 Å². The maximum Gasteiger partial charge on any atom is 0.287 e. The van der Waals surface area contributed by atoms with Crippen LogP contribution < -0.4 is 5.32 Å². The first-order chi connectivity index (χ1) is 12.2. The molecule has 4 rings (SSSR count). The molecule has 3 aliphatic rings. The summed E-state index contributed by atoms with van der Waals surface area (Å²) in [5.74, 6) is 0.355. The number of nitrogens with zero attached hydrogens (tertiary/aromatic N) is 3. The Balaban J connectivity index is 1.65. The summed E-state index contributed by atoms with van der Waals surface area (Å²) in [7, 11) is 0. The van der Waals surface area contributed by atoms with Gasteiger partial charge in [0.1, 0.15) is 5.69 Å². The second-order valence-corrected chi connectivity index (χ2v) is 7.64. The Bertz CT molecular complexity index is 677. The van der Waals surface area contributed by atoms with Crippen molar-refractivity contribution in [3.8, 4) is 0 Å². The van der Waals surface area contributed by atoms with Crippen molar-refractivity contribution >= 4 is 11.8 Å². The predicted molar refractivity (Wildman–Crippen MR) is 94.6 cm³/mol. The third-order valence-corrected chi connectivity index (χ3v) is 5.80. The molecule has 1 N–H and O–H groups in total. The lowest BCUT2D eigenvalue weighted by molar-refractivity contribution is 0.0600. The number of piperidine rings is 1. The van der Waals surface area contributed by atoms with Crippen LogP contribution in [0.2, 0.25) is 0 Å². The van der Waals surface area contributed by atoms with E-state index < -0.39 is 0 Å². The van der Waals surface area contributed by atoms with Gasteiger partial charge in [-0.3, -0.25) is 9.59 Å². The Hall–Kier alpha value is -1.85. The molecule has 25 heavy (non-hydrogen) atoms. The number of hydrogen-bond donors (Lipinski definition) is 1. The molecule has 1 saturated carbocycles. The molecule has 1 aliphatic carbocycles. The topological polar surface area (TPSA) is 67.2 Å². The third-order valence-electron chi connectivity index (χ3n) is 5.80. The Kier molecular flexibility index (Phi) is 4.52. The average Bonchev–Trinajstić information content (AvgIpc) is 3.38. The molecule has 0 radical (unpaired) electrons. The van der Waals surface area contributed by atoms with Crippen LogP contribution in [0.5, 0.6) is 0 Å². The fourth-order valence-electron chi connectivity index (χ4n) is 4.19. The van der Waals surface area contributed by atoms with Crippen molar-refractivity contribution in [2.75, 3.05) is 6.54 Å². The summed E-state index contributed by atoms with van der Waals surface area (Å²) in [6, 6.07) is 0.612. The highest BCUT2D eigenvalue weighted by Crippen LogP contribution is 2.27. The predicted octanol–water partition coefficient (Wildman–Crippen LogP) is 2.52. The molecule has 1 unspecified atom stereocenters. The summed E-state index contributed by atoms with van der Waals surface area (Å²) in [4.78, 5) is 32.4. The van der Waals surface area contributed by atoms with Crippen LogP contribution in [0, 0.1) is 0 Å². The van der Waals surface area contributed by atoms with Crippen molar-refractivity contribution in [2.45, 2.75) is 83.3 Å². The fourth-order valence-corrected chi connectivity index (χ4v) is 4.19. The first kappa shape index (κ1) is 16.6. The number of fused-ring (bicyclic) bond motifs is 1. The van der Waals surface area contributed by atoms with Crippen LogP contribution in [0.25, 0.3) is 0 Å². The van der Waals surface area contributed by atoms with Crippen LogP contribution in [0.1, 0.15) is 85.1 Å². The number of nitrogens with one attached hydrogen (secondary N) is 1. The Labute approximate surface area is 149 Å². The number of carbonyl (C=O) groups excluding carboxylic acids is 2. The minimum absolute atomic E-state index is 0.0303. The molecule has 2 amide bonds. The summed E-state index contributed by atoms with van der Waals surface area (Å²) < 4.78 is 2.00. The average molecular weight is 344 g/mol. The standard InChI is InChI=1S/C19H28N4O2/c1-2-14-7-3-5-11-22(14)19(25)16-15-8-4-6-12-23(15)17(21-16)18(24)20-13-9-10-13/h13-14H,2-12H2,1H3,(H,20,24). The highest BCUT2D eigenvalue weighted by Gasteiger charge is 2.34. The highest BCUT2D eigenvalue weighted by atomic mass is 16.2. The molecule has 1 aromatic heterocycles. The molecule has 1 aromatic rings. The smallest absolute Gasteiger partial charge is 0.287 e. The van der Waals surface area contributed by atoms with Crippen molar-refractivity contribution < 1.29 is 9.59 Å². The van der Waals surface area contributed by atoms with E-state index in [0.29, 0.717) is 23.6 Å². The van der Waals surface area contributed by atoms with E-state index in [9.17, 15) is 9.59 Å². The van der Waals surface area contributed by atoms with E-state index in [1.165, 1.54) is 6.42 Å². The van der Waals surface area contributed by atoms with Gasteiger partial charge >= 0.3 is 0 Å². The zero-order valence-corrected chi connectivity index (χ0v) is 15.1. The molecule has 0 aromatic carbocycles. The van der Waals surface area contributed by atoms with Gasteiger partial charge in [-0.1, -0.05) is 6.92 Å². The molecule has 3 heterocycles. The van der Waals surface area contributed by atoms with Crippen molar-refractivity contribution in [1.29, 1.82) is 0 Å². The monoisotopic (exact) mass is 344 g/mol. The maximum atomic E-state index is 13.2. The first-order valence-corrected chi connectivity index (χ1v) is 9.90. The minimum atomic E-state index is -0.115. The number of carbonyl (C=O) groups is 2. The van der Waals surface area contributed by atoms with Gasteiger partial charge in [0.15, 0.2) is 5.82 Å². The number of hydrogen-bond acceptors (Lipinski definition) is 3. The Morgan fingerprint density at radius 1 is 1.12 bits per heavy atom. The zero-order valence-electron chi connectivity index (χ0n) is 15.1. The number of likely N-dealkylation sites (tertiary alicyclic amines) is 1. The van der Waals surface area contributed by atoms with Crippen LogP contribution >= 0.6 is 0 Å². The number of amides is 2. The summed E-state index contributed by atoms with van der Waals surface area (Å²) in [6.45, 7) is 3.75. The summed E-state index contributed by atoms with van der Waals surface area (Å²) in [5, 5.41) is 3.02. The summed E-state index contributed by atoms with van der Waals surface area (Å²) in [6.07, 6.45) is 9.37. The van der Waals surface area contributed by atoms with Gasteiger partial charge in [-0.2, -0.15) is 0 Å². The molecule has 1 atom stereocenters. The number of imidazole rings is 1. The van der Waals surface area contributed by atoms with Gasteiger partial charge < -0.3 is 14.8 Å². The zero-order chi connectivity index (χ0) is 17.4. The van der Waals surface area contributed by atoms with Crippen LogP contribution in [0.15, 0.2) is 0 Å². The van der Waals surface area contributed by atoms with Gasteiger partial charge in [-0.25, -0.2) is 4.98 Å². The van der Waals surface area contributed by atoms with Gasteiger partial charge in [0.05, 0.1) is 5.69 Å². The lowest BCUT2D eigenvalue weighted by Crippen LogP contribution is -2.44. The van der Waals surface area contributed by atoms with Gasteiger partial charge in [-0.15, -0.1) is 0 Å². The van der Waals surface area contributed by atoms with E-state index in [1.54, 1.807) is 0 Å². The van der Waals surface area contributed by atoms with Crippen LogP contribution in [-0.4, -0.2) is 44.9 Å². The molecule has 2 aliphatic heterocycles. The number of rotatable bonds is 4. The van der Waals surface area contributed by atoms with Gasteiger partial charge in [0, 0.05) is 25.2 Å². The lowest BCUT2D eigenvalue weighted by Gasteiger charge is -2.35. The Morgan fingerprint density at radius 2 is 1.92 bits per heavy atom. The molecule has 136 valence electrons. The van der Waals surface area contributed by atoms with Gasteiger partial charge in [0.25, 0.3) is 11.8 Å². The van der Waals surface area contributed by atoms with Crippen LogP contribution in [0.3, 0.4) is 0 Å². The number of aromatic nitrogens is 2. The van der Waals surface area contributed by atoms with Crippen molar-refractivity contribution in [3.05, 3.63) is 17.2 Å². The molecular formula is C19H28N4O2. The largest absolute Gasteiger partial charge is 0.347 e. The molecule has 2 fully saturated rings. The fraction of sp³-hybridized carbons (Fsp3) is 0.737. The quantitative estimate of drug-likeness (QED) is 0.912. The van der Waals surface area contributed by atoms with Crippen molar-refractivity contribution in [3.63, 3.8) is 0 Å². The molecule has 6 heteroatoms. The normalized spacial score (nSPS) is 23.2. The lowest BCUT2D eigenvalue weighted by atomic mass is 9.99. The van der Waals surface area contributed by atoms with E-state index in [0.717, 1.165) is 70.2 Å². The Morgan fingerprint density at radius 3 is 2.68 bits per heavy atom. The molecular weight excluding hydrogens is 316 g/mol. The summed E-state index contributed by atoms with van der Waals surface area (Å²) in [5.41, 5.74) is 1.50. The van der Waals surface area contributed by atoms with E-state index in [-0.39, 0.29) is 11.8 Å². The van der Waals surface area contributed by atoms with Gasteiger partial charge in [0.2, 0.25) is 0 Å². The van der Waals surface area contributed by atoms with Gasteiger partial charge in [-0.05, 0) is 57.8 Å². The van der Waals surface area contributed by atoms with Crippen LogP contribution in [0.4, 0.5) is 0 Å². The molecule has 6 nitrogen and oxygen atoms in total. The van der Waals surface area contributed by atoms with E-state index in [2.05, 4.69) is 17.2 Å². The van der Waals surface area contributed by atoms with Crippen molar-refractivity contribution in [1.82, 2.24) is 19.8 Å². The highest BCUT2D eigenvalue weighted by molar-refractivity contribution is 5.97. The van der Waals surface area contributed by atoms with Crippen molar-refractivity contribution in [2.24, 2.45) is 0 Å². The van der Waals surface area contributed by atoms with E-state index >= 15 is 0 Å².